The highest BCUT2D eigenvalue weighted by Crippen LogP contribution is 2.33. The van der Waals surface area contributed by atoms with Crippen LogP contribution < -0.4 is 10.6 Å². The lowest BCUT2D eigenvalue weighted by Gasteiger charge is -2.11. The fourth-order valence-electron chi connectivity index (χ4n) is 3.08. The summed E-state index contributed by atoms with van der Waals surface area (Å²) in [6, 6.07) is 11.9. The minimum Gasteiger partial charge on any atom is -0.342 e. The number of aromatic nitrogens is 3. The van der Waals surface area contributed by atoms with Gasteiger partial charge in [-0.25, -0.2) is 13.1 Å². The maximum absolute atomic E-state index is 12.5. The van der Waals surface area contributed by atoms with Crippen LogP contribution in [0.1, 0.15) is 17.0 Å². The lowest BCUT2D eigenvalue weighted by atomic mass is 10.2. The van der Waals surface area contributed by atoms with Crippen molar-refractivity contribution in [3.63, 3.8) is 0 Å². The fraction of sp³-hybridized carbons (Fsp3) is 0.158. The van der Waals surface area contributed by atoms with Crippen molar-refractivity contribution in [2.24, 2.45) is 0 Å². The van der Waals surface area contributed by atoms with Gasteiger partial charge in [0.05, 0.1) is 35.1 Å². The van der Waals surface area contributed by atoms with Gasteiger partial charge < -0.3 is 10.6 Å². The summed E-state index contributed by atoms with van der Waals surface area (Å²) in [5, 5.41) is 9.76. The summed E-state index contributed by atoms with van der Waals surface area (Å²) < 4.78 is 25.4. The molecule has 0 aliphatic carbocycles. The van der Waals surface area contributed by atoms with Crippen molar-refractivity contribution in [1.82, 2.24) is 20.1 Å². The van der Waals surface area contributed by atoms with Crippen LogP contribution in [-0.4, -0.2) is 35.0 Å². The minimum absolute atomic E-state index is 0.0765. The maximum Gasteiger partial charge on any atom is 0.314 e. The first-order chi connectivity index (χ1) is 14.3. The van der Waals surface area contributed by atoms with E-state index in [1.807, 2.05) is 0 Å². The monoisotopic (exact) mass is 445 g/mol. The molecule has 0 radical (unpaired) electrons. The summed E-state index contributed by atoms with van der Waals surface area (Å²) in [5.74, 6) is -2.19. The zero-order chi connectivity index (χ0) is 21.3. The summed E-state index contributed by atoms with van der Waals surface area (Å²) in [5.41, 5.74) is 1.81. The second-order valence-electron chi connectivity index (χ2n) is 6.66. The van der Waals surface area contributed by atoms with E-state index >= 15 is 0 Å². The molecule has 4 rings (SSSR count). The van der Waals surface area contributed by atoms with Gasteiger partial charge in [0.25, 0.3) is 0 Å². The average molecular weight is 446 g/mol. The van der Waals surface area contributed by atoms with Gasteiger partial charge in [0.2, 0.25) is 0 Å². The first kappa shape index (κ1) is 20.0. The van der Waals surface area contributed by atoms with Gasteiger partial charge in [0, 0.05) is 16.8 Å². The Kier molecular flexibility index (Phi) is 5.27. The first-order valence-corrected chi connectivity index (χ1v) is 11.1. The molecule has 2 aromatic heterocycles. The number of amides is 2. The molecule has 3 heterocycles. The maximum atomic E-state index is 12.5. The van der Waals surface area contributed by atoms with Gasteiger partial charge in [-0.3, -0.25) is 14.6 Å². The highest BCUT2D eigenvalue weighted by molar-refractivity contribution is 7.90. The smallest absolute Gasteiger partial charge is 0.314 e. The van der Waals surface area contributed by atoms with Crippen LogP contribution >= 0.6 is 11.6 Å². The molecule has 154 valence electrons. The normalized spacial score (nSPS) is 14.2. The standard InChI is InChI=1S/C19H16ClN5O4S/c20-12-4-3-6-14(8-12)25-17(15-10-30(28,29)11-16(15)24-25)23-19(27)18(26)22-9-13-5-1-2-7-21-13/h1-8H,9-11H2,(H,22,26)(H,23,27). The van der Waals surface area contributed by atoms with Crippen LogP contribution in [-0.2, 0) is 37.5 Å². The van der Waals surface area contributed by atoms with Crippen molar-refractivity contribution in [1.29, 1.82) is 0 Å². The molecule has 3 aromatic rings. The number of nitrogens with zero attached hydrogens (tertiary/aromatic N) is 3. The Balaban J connectivity index is 1.59. The fourth-order valence-corrected chi connectivity index (χ4v) is 4.76. The molecule has 0 bridgehead atoms. The van der Waals surface area contributed by atoms with Crippen molar-refractivity contribution in [3.8, 4) is 5.69 Å². The third-order valence-corrected chi connectivity index (χ3v) is 6.11. The Morgan fingerprint density at radius 3 is 2.67 bits per heavy atom. The van der Waals surface area contributed by atoms with Gasteiger partial charge in [-0.1, -0.05) is 23.7 Å². The molecule has 0 saturated carbocycles. The lowest BCUT2D eigenvalue weighted by molar-refractivity contribution is -0.136. The summed E-state index contributed by atoms with van der Waals surface area (Å²) >= 11 is 6.05. The van der Waals surface area contributed by atoms with Crippen LogP contribution in [0.25, 0.3) is 5.69 Å². The highest BCUT2D eigenvalue weighted by Gasteiger charge is 2.33. The first-order valence-electron chi connectivity index (χ1n) is 8.88. The number of sulfone groups is 1. The third kappa shape index (κ3) is 4.19. The van der Waals surface area contributed by atoms with Crippen molar-refractivity contribution in [3.05, 3.63) is 70.6 Å². The summed E-state index contributed by atoms with van der Waals surface area (Å²) in [4.78, 5) is 28.8. The van der Waals surface area contributed by atoms with Gasteiger partial charge in [0.1, 0.15) is 5.82 Å². The molecule has 11 heteroatoms. The quantitative estimate of drug-likeness (QED) is 0.588. The van der Waals surface area contributed by atoms with Crippen molar-refractivity contribution >= 4 is 39.1 Å². The number of nitrogens with one attached hydrogen (secondary N) is 2. The highest BCUT2D eigenvalue weighted by atomic mass is 35.5. The van der Waals surface area contributed by atoms with Crippen molar-refractivity contribution in [2.45, 2.75) is 18.1 Å². The van der Waals surface area contributed by atoms with E-state index in [2.05, 4.69) is 20.7 Å². The van der Waals surface area contributed by atoms with E-state index in [4.69, 9.17) is 11.6 Å². The number of carbonyl (C=O) groups excluding carboxylic acids is 2. The Labute approximate surface area is 177 Å². The molecule has 9 nitrogen and oxygen atoms in total. The average Bonchev–Trinajstić information content (AvgIpc) is 3.19. The number of rotatable bonds is 4. The number of carbonyl (C=O) groups is 2. The lowest BCUT2D eigenvalue weighted by Crippen LogP contribution is -2.35. The number of hydrogen-bond donors (Lipinski definition) is 2. The van der Waals surface area contributed by atoms with E-state index in [9.17, 15) is 18.0 Å². The number of pyridine rings is 1. The Morgan fingerprint density at radius 2 is 1.93 bits per heavy atom. The largest absolute Gasteiger partial charge is 0.342 e. The van der Waals surface area contributed by atoms with Crippen LogP contribution in [0.2, 0.25) is 5.02 Å². The Hall–Kier alpha value is -3.24. The van der Waals surface area contributed by atoms with E-state index in [-0.39, 0.29) is 23.9 Å². The van der Waals surface area contributed by atoms with Crippen LogP contribution in [0.5, 0.6) is 0 Å². The second kappa shape index (κ2) is 7.88. The van der Waals surface area contributed by atoms with E-state index in [1.165, 1.54) is 4.68 Å². The molecular weight excluding hydrogens is 430 g/mol. The number of halogens is 1. The molecule has 0 saturated heterocycles. The SMILES string of the molecule is O=C(NCc1ccccn1)C(=O)Nc1c2c(nn1-c1cccc(Cl)c1)CS(=O)(=O)C2. The van der Waals surface area contributed by atoms with Crippen molar-refractivity contribution < 1.29 is 18.0 Å². The summed E-state index contributed by atoms with van der Waals surface area (Å²) in [6.45, 7) is 0.0765. The predicted molar refractivity (Wildman–Crippen MR) is 110 cm³/mol. The minimum atomic E-state index is -3.36. The molecule has 1 aliphatic rings. The van der Waals surface area contributed by atoms with Crippen LogP contribution in [0.15, 0.2) is 48.7 Å². The Bertz CT molecular complexity index is 1240. The van der Waals surface area contributed by atoms with Crippen molar-refractivity contribution in [2.75, 3.05) is 5.32 Å². The van der Waals surface area contributed by atoms with E-state index in [0.29, 0.717) is 27.7 Å². The van der Waals surface area contributed by atoms with E-state index in [0.717, 1.165) is 0 Å². The zero-order valence-corrected chi connectivity index (χ0v) is 17.1. The summed E-state index contributed by atoms with van der Waals surface area (Å²) in [6.07, 6.45) is 1.58. The summed E-state index contributed by atoms with van der Waals surface area (Å²) in [7, 11) is -3.36. The molecule has 0 spiro atoms. The number of hydrogen-bond acceptors (Lipinski definition) is 6. The molecule has 2 N–H and O–H groups in total. The Morgan fingerprint density at radius 1 is 1.10 bits per heavy atom. The van der Waals surface area contributed by atoms with Gasteiger partial charge in [-0.2, -0.15) is 5.10 Å². The number of anilines is 1. The van der Waals surface area contributed by atoms with Gasteiger partial charge in [-0.05, 0) is 30.3 Å². The molecule has 2 amide bonds. The van der Waals surface area contributed by atoms with E-state index < -0.39 is 21.7 Å². The number of fused-ring (bicyclic) bond motifs is 1. The predicted octanol–water partition coefficient (Wildman–Crippen LogP) is 1.60. The zero-order valence-electron chi connectivity index (χ0n) is 15.5. The topological polar surface area (TPSA) is 123 Å². The molecule has 1 aromatic carbocycles. The van der Waals surface area contributed by atoms with Crippen LogP contribution in [0, 0.1) is 0 Å². The molecule has 0 atom stereocenters. The van der Waals surface area contributed by atoms with Gasteiger partial charge in [-0.15, -0.1) is 0 Å². The molecular formula is C19H16ClN5O4S. The van der Waals surface area contributed by atoms with Gasteiger partial charge >= 0.3 is 11.8 Å². The van der Waals surface area contributed by atoms with Crippen LogP contribution in [0.3, 0.4) is 0 Å². The number of benzene rings is 1. The molecule has 30 heavy (non-hydrogen) atoms. The van der Waals surface area contributed by atoms with Gasteiger partial charge in [0.15, 0.2) is 9.84 Å². The molecule has 0 unspecified atom stereocenters. The second-order valence-corrected chi connectivity index (χ2v) is 9.16. The van der Waals surface area contributed by atoms with Crippen LogP contribution in [0.4, 0.5) is 5.82 Å². The molecule has 0 fully saturated rings. The van der Waals surface area contributed by atoms with E-state index in [1.54, 1.807) is 48.7 Å². The third-order valence-electron chi connectivity index (χ3n) is 4.43. The molecule has 1 aliphatic heterocycles.